The number of benzene rings is 2. The van der Waals surface area contributed by atoms with Gasteiger partial charge in [-0.1, -0.05) is 50.2 Å². The third-order valence-electron chi connectivity index (χ3n) is 4.20. The van der Waals surface area contributed by atoms with Gasteiger partial charge in [-0.2, -0.15) is 0 Å². The topological polar surface area (TPSA) is 65.5 Å². The Bertz CT molecular complexity index is 790. The normalized spacial score (nSPS) is 11.0. The van der Waals surface area contributed by atoms with E-state index in [1.807, 2.05) is 50.2 Å². The van der Waals surface area contributed by atoms with Gasteiger partial charge in [0.15, 0.2) is 5.96 Å². The maximum atomic E-state index is 11.9. The van der Waals surface area contributed by atoms with Crippen LogP contribution in [0.2, 0.25) is 0 Å². The van der Waals surface area contributed by atoms with E-state index in [1.165, 1.54) is 11.1 Å². The van der Waals surface area contributed by atoms with E-state index in [4.69, 9.17) is 0 Å². The van der Waals surface area contributed by atoms with Gasteiger partial charge in [-0.3, -0.25) is 9.79 Å². The number of amides is 1. The van der Waals surface area contributed by atoms with Gasteiger partial charge in [-0.25, -0.2) is 0 Å². The lowest BCUT2D eigenvalue weighted by Gasteiger charge is -2.14. The minimum atomic E-state index is 0. The summed E-state index contributed by atoms with van der Waals surface area (Å²) >= 11 is 0. The SMILES string of the molecule is CN=C(NCc1cccc(NC(=O)CC(C)C)c1)NCc1ccccc1C.I. The number of halogens is 1. The Labute approximate surface area is 185 Å². The quantitative estimate of drug-likeness (QED) is 0.303. The summed E-state index contributed by atoms with van der Waals surface area (Å²) in [5.41, 5.74) is 4.40. The highest BCUT2D eigenvalue weighted by Gasteiger charge is 2.06. The first-order valence-electron chi connectivity index (χ1n) is 9.35. The number of carbonyl (C=O) groups is 1. The molecule has 0 radical (unpaired) electrons. The molecule has 0 atom stereocenters. The fourth-order valence-corrected chi connectivity index (χ4v) is 2.74. The van der Waals surface area contributed by atoms with Crippen LogP contribution in [0.4, 0.5) is 5.69 Å². The molecule has 1 amide bonds. The van der Waals surface area contributed by atoms with Crippen molar-refractivity contribution >= 4 is 41.5 Å². The van der Waals surface area contributed by atoms with Gasteiger partial charge < -0.3 is 16.0 Å². The van der Waals surface area contributed by atoms with Crippen molar-refractivity contribution < 1.29 is 4.79 Å². The summed E-state index contributed by atoms with van der Waals surface area (Å²) in [6.45, 7) is 7.52. The van der Waals surface area contributed by atoms with Crippen LogP contribution in [0.15, 0.2) is 53.5 Å². The number of nitrogens with zero attached hydrogens (tertiary/aromatic N) is 1. The molecule has 0 bridgehead atoms. The highest BCUT2D eigenvalue weighted by Crippen LogP contribution is 2.12. The maximum Gasteiger partial charge on any atom is 0.224 e. The molecule has 6 heteroatoms. The molecule has 0 heterocycles. The van der Waals surface area contributed by atoms with Gasteiger partial charge in [0.25, 0.3) is 0 Å². The van der Waals surface area contributed by atoms with Crippen molar-refractivity contribution in [3.8, 4) is 0 Å². The number of rotatable bonds is 7. The predicted octanol–water partition coefficient (Wildman–Crippen LogP) is 4.46. The summed E-state index contributed by atoms with van der Waals surface area (Å²) in [7, 11) is 1.76. The Hall–Kier alpha value is -2.09. The van der Waals surface area contributed by atoms with Crippen LogP contribution in [0.1, 0.15) is 37.0 Å². The molecule has 0 aliphatic carbocycles. The first-order valence-corrected chi connectivity index (χ1v) is 9.35. The molecule has 0 saturated carbocycles. The van der Waals surface area contributed by atoms with Crippen molar-refractivity contribution in [3.63, 3.8) is 0 Å². The van der Waals surface area contributed by atoms with Crippen LogP contribution < -0.4 is 16.0 Å². The van der Waals surface area contributed by atoms with E-state index in [1.54, 1.807) is 7.05 Å². The summed E-state index contributed by atoms with van der Waals surface area (Å²) in [5.74, 6) is 1.14. The second-order valence-corrected chi connectivity index (χ2v) is 7.05. The molecule has 2 rings (SSSR count). The van der Waals surface area contributed by atoms with Gasteiger partial charge in [0.05, 0.1) is 0 Å². The average Bonchev–Trinajstić information content (AvgIpc) is 2.62. The minimum absolute atomic E-state index is 0. The Balaban J connectivity index is 0.00000392. The van der Waals surface area contributed by atoms with E-state index in [0.717, 1.165) is 23.8 Å². The Morgan fingerprint density at radius 2 is 1.75 bits per heavy atom. The number of aryl methyl sites for hydroxylation is 1. The van der Waals surface area contributed by atoms with E-state index in [9.17, 15) is 4.79 Å². The van der Waals surface area contributed by atoms with Crippen molar-refractivity contribution in [3.05, 3.63) is 65.2 Å². The number of hydrogen-bond acceptors (Lipinski definition) is 2. The van der Waals surface area contributed by atoms with Gasteiger partial charge in [0, 0.05) is 32.2 Å². The summed E-state index contributed by atoms with van der Waals surface area (Å²) in [6, 6.07) is 16.2. The standard InChI is InChI=1S/C22H30N4O.HI/c1-16(2)12-21(27)26-20-11-7-9-18(13-20)14-24-22(23-4)25-15-19-10-6-5-8-17(19)3;/h5-11,13,16H,12,14-15H2,1-4H3,(H,26,27)(H2,23,24,25);1H. The third kappa shape index (κ3) is 8.29. The van der Waals surface area contributed by atoms with E-state index in [2.05, 4.69) is 40.0 Å². The van der Waals surface area contributed by atoms with E-state index in [-0.39, 0.29) is 29.9 Å². The van der Waals surface area contributed by atoms with Crippen LogP contribution in [-0.2, 0) is 17.9 Å². The zero-order valence-electron chi connectivity index (χ0n) is 17.1. The molecule has 2 aromatic rings. The fraction of sp³-hybridized carbons (Fsp3) is 0.364. The van der Waals surface area contributed by atoms with Crippen molar-refractivity contribution in [1.82, 2.24) is 10.6 Å². The lowest BCUT2D eigenvalue weighted by molar-refractivity contribution is -0.116. The highest BCUT2D eigenvalue weighted by atomic mass is 127. The van der Waals surface area contributed by atoms with Crippen LogP contribution in [0, 0.1) is 12.8 Å². The van der Waals surface area contributed by atoms with Crippen molar-refractivity contribution in [2.24, 2.45) is 10.9 Å². The Kier molecular flexibility index (Phi) is 10.6. The number of guanidine groups is 1. The van der Waals surface area contributed by atoms with Crippen LogP contribution in [-0.4, -0.2) is 18.9 Å². The van der Waals surface area contributed by atoms with Gasteiger partial charge in [0.1, 0.15) is 0 Å². The number of carbonyl (C=O) groups excluding carboxylic acids is 1. The second-order valence-electron chi connectivity index (χ2n) is 7.05. The molecular weight excluding hydrogens is 463 g/mol. The van der Waals surface area contributed by atoms with E-state index in [0.29, 0.717) is 18.9 Å². The second kappa shape index (κ2) is 12.4. The highest BCUT2D eigenvalue weighted by molar-refractivity contribution is 14.0. The number of anilines is 1. The van der Waals surface area contributed by atoms with Gasteiger partial charge >= 0.3 is 0 Å². The van der Waals surface area contributed by atoms with Crippen LogP contribution in [0.5, 0.6) is 0 Å². The zero-order valence-corrected chi connectivity index (χ0v) is 19.4. The number of hydrogen-bond donors (Lipinski definition) is 3. The van der Waals surface area contributed by atoms with Crippen LogP contribution in [0.3, 0.4) is 0 Å². The minimum Gasteiger partial charge on any atom is -0.352 e. The molecule has 0 aliphatic rings. The van der Waals surface area contributed by atoms with E-state index >= 15 is 0 Å². The van der Waals surface area contributed by atoms with Crippen molar-refractivity contribution in [1.29, 1.82) is 0 Å². The molecule has 0 spiro atoms. The Morgan fingerprint density at radius 1 is 1.04 bits per heavy atom. The Morgan fingerprint density at radius 3 is 2.43 bits per heavy atom. The molecule has 28 heavy (non-hydrogen) atoms. The monoisotopic (exact) mass is 494 g/mol. The molecule has 0 aliphatic heterocycles. The lowest BCUT2D eigenvalue weighted by Crippen LogP contribution is -2.36. The molecular formula is C22H31IN4O. The molecule has 152 valence electrons. The maximum absolute atomic E-state index is 11.9. The third-order valence-corrected chi connectivity index (χ3v) is 4.20. The summed E-state index contributed by atoms with van der Waals surface area (Å²) in [4.78, 5) is 16.2. The lowest BCUT2D eigenvalue weighted by atomic mass is 10.1. The molecule has 0 saturated heterocycles. The van der Waals surface area contributed by atoms with Gasteiger partial charge in [-0.15, -0.1) is 24.0 Å². The predicted molar refractivity (Wildman–Crippen MR) is 128 cm³/mol. The first kappa shape index (κ1) is 23.9. The molecule has 2 aromatic carbocycles. The summed E-state index contributed by atoms with van der Waals surface area (Å²) in [5, 5.41) is 9.60. The average molecular weight is 494 g/mol. The fourth-order valence-electron chi connectivity index (χ4n) is 2.74. The van der Waals surface area contributed by atoms with Crippen molar-refractivity contribution in [2.45, 2.75) is 40.3 Å². The van der Waals surface area contributed by atoms with Crippen LogP contribution >= 0.6 is 24.0 Å². The van der Waals surface area contributed by atoms with Gasteiger partial charge in [0.2, 0.25) is 5.91 Å². The molecule has 0 fully saturated rings. The molecule has 0 aromatic heterocycles. The summed E-state index contributed by atoms with van der Waals surface area (Å²) in [6.07, 6.45) is 0.526. The summed E-state index contributed by atoms with van der Waals surface area (Å²) < 4.78 is 0. The first-order chi connectivity index (χ1) is 13.0. The largest absolute Gasteiger partial charge is 0.352 e. The van der Waals surface area contributed by atoms with Crippen molar-refractivity contribution in [2.75, 3.05) is 12.4 Å². The van der Waals surface area contributed by atoms with Gasteiger partial charge in [-0.05, 0) is 41.7 Å². The molecule has 5 nitrogen and oxygen atoms in total. The smallest absolute Gasteiger partial charge is 0.224 e. The van der Waals surface area contributed by atoms with E-state index < -0.39 is 0 Å². The zero-order chi connectivity index (χ0) is 19.6. The number of nitrogens with one attached hydrogen (secondary N) is 3. The van der Waals surface area contributed by atoms with Crippen LogP contribution in [0.25, 0.3) is 0 Å². The number of aliphatic imine (C=N–C) groups is 1. The molecule has 3 N–H and O–H groups in total. The molecule has 0 unspecified atom stereocenters.